The number of aryl methyl sites for hydroxylation is 1. The van der Waals surface area contributed by atoms with Crippen LogP contribution in [0.3, 0.4) is 0 Å². The molecular weight excluding hydrogens is 392 g/mol. The molecule has 0 saturated carbocycles. The van der Waals surface area contributed by atoms with Gasteiger partial charge in [-0.3, -0.25) is 4.79 Å². The lowest BCUT2D eigenvalue weighted by Gasteiger charge is -2.26. The molecule has 3 nitrogen and oxygen atoms in total. The van der Waals surface area contributed by atoms with Crippen LogP contribution in [-0.2, 0) is 17.6 Å². The van der Waals surface area contributed by atoms with Gasteiger partial charge in [0.25, 0.3) is 0 Å². The molecule has 1 atom stereocenters. The standard InChI is InChI=1S/C22H23BrO3/c1-4-14-11-17(23)6-8-20(14)19(5-2)22(24)16-10-15-12-18(25-3)7-9-21(15)26-13-16/h5-9,11-12,16H,4,10,13H2,1-3H3/b19-5+. The Balaban J connectivity index is 1.88. The van der Waals surface area contributed by atoms with Gasteiger partial charge in [0.2, 0.25) is 0 Å². The Morgan fingerprint density at radius 1 is 1.31 bits per heavy atom. The number of ketones is 1. The van der Waals surface area contributed by atoms with Crippen LogP contribution in [-0.4, -0.2) is 19.5 Å². The van der Waals surface area contributed by atoms with Crippen LogP contribution >= 0.6 is 15.9 Å². The summed E-state index contributed by atoms with van der Waals surface area (Å²) in [5, 5.41) is 0. The lowest BCUT2D eigenvalue weighted by Crippen LogP contribution is -2.29. The second-order valence-corrected chi connectivity index (χ2v) is 7.32. The van der Waals surface area contributed by atoms with Gasteiger partial charge in [-0.25, -0.2) is 0 Å². The van der Waals surface area contributed by atoms with Crippen molar-refractivity contribution in [3.05, 3.63) is 63.6 Å². The van der Waals surface area contributed by atoms with Crippen LogP contribution in [0.2, 0.25) is 0 Å². The third-order valence-electron chi connectivity index (χ3n) is 4.84. The van der Waals surface area contributed by atoms with E-state index in [4.69, 9.17) is 9.47 Å². The van der Waals surface area contributed by atoms with Crippen LogP contribution in [0.25, 0.3) is 5.57 Å². The van der Waals surface area contributed by atoms with Crippen molar-refractivity contribution in [1.29, 1.82) is 0 Å². The minimum absolute atomic E-state index is 0.137. The highest BCUT2D eigenvalue weighted by Crippen LogP contribution is 2.34. The minimum Gasteiger partial charge on any atom is -0.497 e. The Morgan fingerprint density at radius 3 is 2.81 bits per heavy atom. The number of Topliss-reactive ketones (excluding diaryl/α,β-unsaturated/α-hetero) is 1. The first-order valence-electron chi connectivity index (χ1n) is 8.86. The van der Waals surface area contributed by atoms with Gasteiger partial charge >= 0.3 is 0 Å². The zero-order valence-electron chi connectivity index (χ0n) is 15.3. The molecule has 1 aliphatic heterocycles. The van der Waals surface area contributed by atoms with Gasteiger partial charge in [0, 0.05) is 10.0 Å². The zero-order chi connectivity index (χ0) is 18.7. The maximum Gasteiger partial charge on any atom is 0.169 e. The smallest absolute Gasteiger partial charge is 0.169 e. The predicted octanol–water partition coefficient (Wildman–Crippen LogP) is 5.24. The number of carbonyl (C=O) groups is 1. The maximum atomic E-state index is 13.3. The summed E-state index contributed by atoms with van der Waals surface area (Å²) >= 11 is 3.52. The molecule has 0 amide bonds. The number of methoxy groups -OCH3 is 1. The summed E-state index contributed by atoms with van der Waals surface area (Å²) < 4.78 is 12.2. The predicted molar refractivity (Wildman–Crippen MR) is 108 cm³/mol. The molecule has 0 fully saturated rings. The molecule has 0 saturated heterocycles. The minimum atomic E-state index is -0.186. The summed E-state index contributed by atoms with van der Waals surface area (Å²) in [5.74, 6) is 1.58. The van der Waals surface area contributed by atoms with Crippen LogP contribution in [0.4, 0.5) is 0 Å². The molecule has 2 aromatic carbocycles. The van der Waals surface area contributed by atoms with E-state index < -0.39 is 0 Å². The highest BCUT2D eigenvalue weighted by atomic mass is 79.9. The molecule has 1 aliphatic rings. The van der Waals surface area contributed by atoms with Gasteiger partial charge in [0.15, 0.2) is 5.78 Å². The number of carbonyl (C=O) groups excluding carboxylic acids is 1. The molecule has 4 heteroatoms. The van der Waals surface area contributed by atoms with E-state index in [9.17, 15) is 4.79 Å². The molecule has 0 N–H and O–H groups in total. The summed E-state index contributed by atoms with van der Waals surface area (Å²) in [7, 11) is 1.64. The van der Waals surface area contributed by atoms with Crippen LogP contribution < -0.4 is 9.47 Å². The van der Waals surface area contributed by atoms with Crippen molar-refractivity contribution in [2.24, 2.45) is 5.92 Å². The zero-order valence-corrected chi connectivity index (χ0v) is 16.9. The summed E-state index contributed by atoms with van der Waals surface area (Å²) in [6.07, 6.45) is 3.47. The molecule has 0 radical (unpaired) electrons. The van der Waals surface area contributed by atoms with Gasteiger partial charge in [-0.05, 0) is 66.8 Å². The Kier molecular flexibility index (Phi) is 5.82. The SMILES string of the molecule is C/C=C(/C(=O)C1COc2ccc(OC)cc2C1)c1ccc(Br)cc1CC. The van der Waals surface area contributed by atoms with Gasteiger partial charge in [0.05, 0.1) is 19.6 Å². The van der Waals surface area contributed by atoms with Crippen molar-refractivity contribution in [2.75, 3.05) is 13.7 Å². The Labute approximate surface area is 163 Å². The number of hydrogen-bond acceptors (Lipinski definition) is 3. The van der Waals surface area contributed by atoms with Gasteiger partial charge in [-0.1, -0.05) is 35.0 Å². The van der Waals surface area contributed by atoms with E-state index in [0.29, 0.717) is 13.0 Å². The van der Waals surface area contributed by atoms with Gasteiger partial charge in [-0.2, -0.15) is 0 Å². The van der Waals surface area contributed by atoms with E-state index in [1.165, 1.54) is 5.56 Å². The lowest BCUT2D eigenvalue weighted by atomic mass is 9.85. The average molecular weight is 415 g/mol. The quantitative estimate of drug-likeness (QED) is 0.627. The number of halogens is 1. The molecule has 3 rings (SSSR count). The van der Waals surface area contributed by atoms with Crippen LogP contribution in [0.5, 0.6) is 11.5 Å². The monoisotopic (exact) mass is 414 g/mol. The Hall–Kier alpha value is -2.07. The summed E-state index contributed by atoms with van der Waals surface area (Å²) in [6.45, 7) is 4.44. The van der Waals surface area contributed by atoms with Crippen molar-refractivity contribution in [1.82, 2.24) is 0 Å². The van der Waals surface area contributed by atoms with E-state index in [-0.39, 0.29) is 11.7 Å². The molecule has 2 aromatic rings. The number of ether oxygens (including phenoxy) is 2. The first kappa shape index (κ1) is 18.7. The fraction of sp³-hybridized carbons (Fsp3) is 0.318. The molecule has 136 valence electrons. The van der Waals surface area contributed by atoms with Crippen molar-refractivity contribution >= 4 is 27.3 Å². The largest absolute Gasteiger partial charge is 0.497 e. The van der Waals surface area contributed by atoms with Crippen molar-refractivity contribution < 1.29 is 14.3 Å². The first-order valence-corrected chi connectivity index (χ1v) is 9.65. The molecule has 0 aliphatic carbocycles. The molecular formula is C22H23BrO3. The second kappa shape index (κ2) is 8.09. The Bertz CT molecular complexity index is 854. The highest BCUT2D eigenvalue weighted by Gasteiger charge is 2.29. The third kappa shape index (κ3) is 3.70. The van der Waals surface area contributed by atoms with Crippen LogP contribution in [0.1, 0.15) is 30.5 Å². The fourth-order valence-electron chi connectivity index (χ4n) is 3.43. The lowest BCUT2D eigenvalue weighted by molar-refractivity contribution is -0.118. The van der Waals surface area contributed by atoms with Crippen molar-refractivity contribution in [3.8, 4) is 11.5 Å². The summed E-state index contributed by atoms with van der Waals surface area (Å²) in [5.41, 5.74) is 3.98. The maximum absolute atomic E-state index is 13.3. The topological polar surface area (TPSA) is 35.5 Å². The van der Waals surface area contributed by atoms with E-state index >= 15 is 0 Å². The molecule has 1 unspecified atom stereocenters. The first-order chi connectivity index (χ1) is 12.6. The highest BCUT2D eigenvalue weighted by molar-refractivity contribution is 9.10. The number of allylic oxidation sites excluding steroid dienone is 2. The molecule has 26 heavy (non-hydrogen) atoms. The molecule has 1 heterocycles. The van der Waals surface area contributed by atoms with E-state index in [1.807, 2.05) is 43.3 Å². The number of benzene rings is 2. The van der Waals surface area contributed by atoms with Crippen LogP contribution in [0.15, 0.2) is 46.9 Å². The Morgan fingerprint density at radius 2 is 2.12 bits per heavy atom. The normalized spacial score (nSPS) is 16.6. The van der Waals surface area contributed by atoms with Gasteiger partial charge < -0.3 is 9.47 Å². The van der Waals surface area contributed by atoms with Gasteiger partial charge in [-0.15, -0.1) is 0 Å². The number of fused-ring (bicyclic) bond motifs is 1. The summed E-state index contributed by atoms with van der Waals surface area (Å²) in [4.78, 5) is 13.3. The molecule has 0 aromatic heterocycles. The van der Waals surface area contributed by atoms with E-state index in [2.05, 4.69) is 28.9 Å². The van der Waals surface area contributed by atoms with E-state index in [0.717, 1.165) is 39.1 Å². The fourth-order valence-corrected chi connectivity index (χ4v) is 3.84. The number of hydrogen-bond donors (Lipinski definition) is 0. The summed E-state index contributed by atoms with van der Waals surface area (Å²) in [6, 6.07) is 11.9. The molecule has 0 spiro atoms. The van der Waals surface area contributed by atoms with Crippen molar-refractivity contribution in [3.63, 3.8) is 0 Å². The number of rotatable bonds is 5. The van der Waals surface area contributed by atoms with E-state index in [1.54, 1.807) is 7.11 Å². The van der Waals surface area contributed by atoms with Crippen molar-refractivity contribution in [2.45, 2.75) is 26.7 Å². The average Bonchev–Trinajstić information content (AvgIpc) is 2.68. The van der Waals surface area contributed by atoms with Gasteiger partial charge in [0.1, 0.15) is 11.5 Å². The molecule has 0 bridgehead atoms. The van der Waals surface area contributed by atoms with Crippen LogP contribution in [0, 0.1) is 5.92 Å². The second-order valence-electron chi connectivity index (χ2n) is 6.41. The third-order valence-corrected chi connectivity index (χ3v) is 5.33.